The van der Waals surface area contributed by atoms with E-state index < -0.39 is 5.60 Å². The minimum Gasteiger partial charge on any atom is -0.392 e. The molecule has 1 atom stereocenters. The number of aliphatic hydroxyl groups excluding tert-OH is 1. The number of β-amino-alcohol motifs (C(OH)–C–C–N with tert-alkyl or cyclic N) is 1. The first kappa shape index (κ1) is 13.5. The van der Waals surface area contributed by atoms with Crippen LogP contribution in [0.4, 0.5) is 0 Å². The molecule has 18 heavy (non-hydrogen) atoms. The molecule has 100 valence electrons. The summed E-state index contributed by atoms with van der Waals surface area (Å²) in [7, 11) is 0. The van der Waals surface area contributed by atoms with E-state index >= 15 is 0 Å². The average molecular weight is 249 g/mol. The SMILES string of the molecule is CCC(O)CN1CCC(O)(c2ccccc2)CC1. The summed E-state index contributed by atoms with van der Waals surface area (Å²) in [5.41, 5.74) is 0.329. The van der Waals surface area contributed by atoms with Crippen LogP contribution in [-0.4, -0.2) is 40.9 Å². The van der Waals surface area contributed by atoms with Crippen molar-refractivity contribution in [2.75, 3.05) is 19.6 Å². The summed E-state index contributed by atoms with van der Waals surface area (Å²) < 4.78 is 0. The minimum atomic E-state index is -0.686. The molecule has 2 N–H and O–H groups in total. The van der Waals surface area contributed by atoms with Gasteiger partial charge in [-0.15, -0.1) is 0 Å². The van der Waals surface area contributed by atoms with Crippen molar-refractivity contribution in [3.8, 4) is 0 Å². The first-order valence-electron chi connectivity index (χ1n) is 6.82. The van der Waals surface area contributed by atoms with Crippen molar-refractivity contribution in [3.63, 3.8) is 0 Å². The number of rotatable bonds is 4. The quantitative estimate of drug-likeness (QED) is 0.854. The predicted octanol–water partition coefficient (Wildman–Crippen LogP) is 1.74. The molecule has 0 spiro atoms. The number of hydrogen-bond donors (Lipinski definition) is 2. The molecule has 0 aliphatic carbocycles. The Balaban J connectivity index is 1.93. The molecule has 3 heteroatoms. The second-order valence-corrected chi connectivity index (χ2v) is 5.26. The van der Waals surface area contributed by atoms with Gasteiger partial charge in [0.2, 0.25) is 0 Å². The average Bonchev–Trinajstić information content (AvgIpc) is 2.42. The molecule has 1 heterocycles. The second kappa shape index (κ2) is 5.83. The van der Waals surface area contributed by atoms with Crippen molar-refractivity contribution >= 4 is 0 Å². The van der Waals surface area contributed by atoms with Crippen LogP contribution < -0.4 is 0 Å². The maximum absolute atomic E-state index is 10.7. The van der Waals surface area contributed by atoms with Crippen molar-refractivity contribution in [3.05, 3.63) is 35.9 Å². The zero-order valence-electron chi connectivity index (χ0n) is 11.0. The maximum atomic E-state index is 10.7. The van der Waals surface area contributed by atoms with E-state index in [4.69, 9.17) is 0 Å². The highest BCUT2D eigenvalue weighted by molar-refractivity contribution is 5.22. The van der Waals surface area contributed by atoms with Gasteiger partial charge in [-0.1, -0.05) is 37.3 Å². The van der Waals surface area contributed by atoms with Gasteiger partial charge in [0.25, 0.3) is 0 Å². The Bertz CT molecular complexity index is 358. The van der Waals surface area contributed by atoms with E-state index in [9.17, 15) is 10.2 Å². The van der Waals surface area contributed by atoms with Gasteiger partial charge in [-0.2, -0.15) is 0 Å². The van der Waals surface area contributed by atoms with Gasteiger partial charge in [0.05, 0.1) is 11.7 Å². The zero-order chi connectivity index (χ0) is 13.0. The molecule has 1 aliphatic rings. The molecule has 3 nitrogen and oxygen atoms in total. The highest BCUT2D eigenvalue weighted by Gasteiger charge is 2.33. The van der Waals surface area contributed by atoms with Crippen LogP contribution in [0.1, 0.15) is 31.7 Å². The summed E-state index contributed by atoms with van der Waals surface area (Å²) in [5, 5.41) is 20.3. The largest absolute Gasteiger partial charge is 0.392 e. The van der Waals surface area contributed by atoms with Gasteiger partial charge in [-0.3, -0.25) is 0 Å². The minimum absolute atomic E-state index is 0.243. The van der Waals surface area contributed by atoms with Crippen LogP contribution in [0.2, 0.25) is 0 Å². The summed E-state index contributed by atoms with van der Waals surface area (Å²) in [6, 6.07) is 9.91. The Kier molecular flexibility index (Phi) is 4.38. The molecular weight excluding hydrogens is 226 g/mol. The first-order valence-corrected chi connectivity index (χ1v) is 6.82. The van der Waals surface area contributed by atoms with Crippen molar-refractivity contribution in [2.24, 2.45) is 0 Å². The summed E-state index contributed by atoms with van der Waals surface area (Å²) in [5.74, 6) is 0. The third kappa shape index (κ3) is 3.10. The van der Waals surface area contributed by atoms with Gasteiger partial charge in [-0.25, -0.2) is 0 Å². The van der Waals surface area contributed by atoms with Crippen molar-refractivity contribution < 1.29 is 10.2 Å². The van der Waals surface area contributed by atoms with Gasteiger partial charge >= 0.3 is 0 Å². The van der Waals surface area contributed by atoms with Crippen LogP contribution in [0.5, 0.6) is 0 Å². The molecule has 0 radical (unpaired) electrons. The predicted molar refractivity (Wildman–Crippen MR) is 72.3 cm³/mol. The lowest BCUT2D eigenvalue weighted by atomic mass is 9.84. The molecule has 0 bridgehead atoms. The lowest BCUT2D eigenvalue weighted by Crippen LogP contribution is -2.45. The monoisotopic (exact) mass is 249 g/mol. The molecule has 2 rings (SSSR count). The smallest absolute Gasteiger partial charge is 0.0920 e. The number of hydrogen-bond acceptors (Lipinski definition) is 3. The highest BCUT2D eigenvalue weighted by Crippen LogP contribution is 2.32. The lowest BCUT2D eigenvalue weighted by Gasteiger charge is -2.39. The van der Waals surface area contributed by atoms with Gasteiger partial charge in [0, 0.05) is 19.6 Å². The first-order chi connectivity index (χ1) is 8.64. The molecule has 1 aliphatic heterocycles. The zero-order valence-corrected chi connectivity index (χ0v) is 11.0. The molecule has 0 amide bonds. The Morgan fingerprint density at radius 1 is 1.22 bits per heavy atom. The van der Waals surface area contributed by atoms with E-state index in [2.05, 4.69) is 4.90 Å². The third-order valence-electron chi connectivity index (χ3n) is 3.93. The Hall–Kier alpha value is -0.900. The number of aliphatic hydroxyl groups is 2. The number of likely N-dealkylation sites (tertiary alicyclic amines) is 1. The van der Waals surface area contributed by atoms with Crippen molar-refractivity contribution in [1.29, 1.82) is 0 Å². The third-order valence-corrected chi connectivity index (χ3v) is 3.93. The summed E-state index contributed by atoms with van der Waals surface area (Å²) in [4.78, 5) is 2.24. The fraction of sp³-hybridized carbons (Fsp3) is 0.600. The Labute approximate surface area is 109 Å². The number of piperidine rings is 1. The van der Waals surface area contributed by atoms with Crippen LogP contribution in [0, 0.1) is 0 Å². The molecule has 0 aromatic heterocycles. The second-order valence-electron chi connectivity index (χ2n) is 5.26. The topological polar surface area (TPSA) is 43.7 Å². The summed E-state index contributed by atoms with van der Waals surface area (Å²) in [6.07, 6.45) is 2.04. The van der Waals surface area contributed by atoms with Gasteiger partial charge in [-0.05, 0) is 24.8 Å². The van der Waals surface area contributed by atoms with Crippen molar-refractivity contribution in [2.45, 2.75) is 37.9 Å². The number of nitrogens with zero attached hydrogens (tertiary/aromatic N) is 1. The normalized spacial score (nSPS) is 21.7. The molecule has 1 fully saturated rings. The summed E-state index contributed by atoms with van der Waals surface area (Å²) in [6.45, 7) is 4.42. The Morgan fingerprint density at radius 3 is 2.39 bits per heavy atom. The van der Waals surface area contributed by atoms with Crippen LogP contribution >= 0.6 is 0 Å². The fourth-order valence-corrected chi connectivity index (χ4v) is 2.57. The lowest BCUT2D eigenvalue weighted by molar-refractivity contribution is -0.0344. The molecule has 1 aromatic rings. The van der Waals surface area contributed by atoms with E-state index in [0.717, 1.165) is 44.5 Å². The van der Waals surface area contributed by atoms with E-state index in [1.165, 1.54) is 0 Å². The van der Waals surface area contributed by atoms with Crippen LogP contribution in [-0.2, 0) is 5.60 Å². The molecule has 1 aromatic carbocycles. The Morgan fingerprint density at radius 2 is 1.83 bits per heavy atom. The molecule has 1 saturated heterocycles. The van der Waals surface area contributed by atoms with Gasteiger partial charge in [0.1, 0.15) is 0 Å². The standard InChI is InChI=1S/C15H23NO2/c1-2-14(17)12-16-10-8-15(18,9-11-16)13-6-4-3-5-7-13/h3-7,14,17-18H,2,8-12H2,1H3. The molecule has 1 unspecified atom stereocenters. The van der Waals surface area contributed by atoms with E-state index in [0.29, 0.717) is 0 Å². The number of benzene rings is 1. The van der Waals surface area contributed by atoms with Gasteiger partial charge in [0.15, 0.2) is 0 Å². The fourth-order valence-electron chi connectivity index (χ4n) is 2.57. The van der Waals surface area contributed by atoms with E-state index in [-0.39, 0.29) is 6.10 Å². The summed E-state index contributed by atoms with van der Waals surface area (Å²) >= 11 is 0. The highest BCUT2D eigenvalue weighted by atomic mass is 16.3. The van der Waals surface area contributed by atoms with E-state index in [1.807, 2.05) is 37.3 Å². The van der Waals surface area contributed by atoms with Crippen molar-refractivity contribution in [1.82, 2.24) is 4.90 Å². The van der Waals surface area contributed by atoms with E-state index in [1.54, 1.807) is 0 Å². The van der Waals surface area contributed by atoms with Crippen LogP contribution in [0.25, 0.3) is 0 Å². The maximum Gasteiger partial charge on any atom is 0.0920 e. The molecule has 0 saturated carbocycles. The van der Waals surface area contributed by atoms with Crippen LogP contribution in [0.15, 0.2) is 30.3 Å². The van der Waals surface area contributed by atoms with Crippen LogP contribution in [0.3, 0.4) is 0 Å². The molecular formula is C15H23NO2. The van der Waals surface area contributed by atoms with Gasteiger partial charge < -0.3 is 15.1 Å².